The van der Waals surface area contributed by atoms with Crippen LogP contribution in [0.4, 0.5) is 0 Å². The van der Waals surface area contributed by atoms with Crippen molar-refractivity contribution in [1.29, 1.82) is 0 Å². The molecule has 0 fully saturated rings. The summed E-state index contributed by atoms with van der Waals surface area (Å²) in [6.07, 6.45) is 1.62. The van der Waals surface area contributed by atoms with E-state index in [2.05, 4.69) is 49.4 Å². The highest BCUT2D eigenvalue weighted by Gasteiger charge is 2.36. The van der Waals surface area contributed by atoms with Crippen LogP contribution in [0.25, 0.3) is 0 Å². The first kappa shape index (κ1) is 16.7. The standard InChI is InChI=1S/C21H26N2O/c1-3-13-21(2,22)20(24)23-14-17-11-7-8-12-18(17)19(15-23)16-9-5-4-6-10-16/h4-12,19H,3,13-15,22H2,1-2H3. The largest absolute Gasteiger partial charge is 0.336 e. The van der Waals surface area contributed by atoms with Crippen LogP contribution in [0, 0.1) is 0 Å². The molecule has 0 aromatic heterocycles. The molecule has 2 aromatic rings. The Morgan fingerprint density at radius 3 is 2.54 bits per heavy atom. The summed E-state index contributed by atoms with van der Waals surface area (Å²) in [5, 5.41) is 0. The molecule has 1 aliphatic rings. The molecule has 3 nitrogen and oxygen atoms in total. The molecule has 2 aromatic carbocycles. The van der Waals surface area contributed by atoms with E-state index in [9.17, 15) is 4.79 Å². The smallest absolute Gasteiger partial charge is 0.242 e. The fraction of sp³-hybridized carbons (Fsp3) is 0.381. The summed E-state index contributed by atoms with van der Waals surface area (Å²) in [7, 11) is 0. The number of nitrogens with zero attached hydrogens (tertiary/aromatic N) is 1. The summed E-state index contributed by atoms with van der Waals surface area (Å²) >= 11 is 0. The maximum absolute atomic E-state index is 13.0. The van der Waals surface area contributed by atoms with Crippen molar-refractivity contribution in [2.75, 3.05) is 6.54 Å². The Labute approximate surface area is 144 Å². The van der Waals surface area contributed by atoms with Gasteiger partial charge in [0.05, 0.1) is 5.54 Å². The first-order valence-electron chi connectivity index (χ1n) is 8.74. The van der Waals surface area contributed by atoms with Crippen molar-refractivity contribution in [3.63, 3.8) is 0 Å². The third-order valence-electron chi connectivity index (χ3n) is 4.94. The van der Waals surface area contributed by atoms with Gasteiger partial charge in [-0.05, 0) is 30.0 Å². The van der Waals surface area contributed by atoms with Gasteiger partial charge < -0.3 is 10.6 Å². The number of carbonyl (C=O) groups excluding carboxylic acids is 1. The van der Waals surface area contributed by atoms with Gasteiger partial charge in [0.2, 0.25) is 5.91 Å². The van der Waals surface area contributed by atoms with Crippen LogP contribution < -0.4 is 5.73 Å². The summed E-state index contributed by atoms with van der Waals surface area (Å²) in [4.78, 5) is 14.9. The Balaban J connectivity index is 1.95. The highest BCUT2D eigenvalue weighted by molar-refractivity contribution is 5.86. The molecule has 2 N–H and O–H groups in total. The Bertz CT molecular complexity index is 709. The van der Waals surface area contributed by atoms with E-state index >= 15 is 0 Å². The first-order chi connectivity index (χ1) is 11.5. The highest BCUT2D eigenvalue weighted by Crippen LogP contribution is 2.34. The lowest BCUT2D eigenvalue weighted by molar-refractivity contribution is -0.137. The van der Waals surface area contributed by atoms with Crippen LogP contribution in [0.5, 0.6) is 0 Å². The lowest BCUT2D eigenvalue weighted by Gasteiger charge is -2.39. The fourth-order valence-corrected chi connectivity index (χ4v) is 3.72. The van der Waals surface area contributed by atoms with Crippen LogP contribution in [-0.4, -0.2) is 22.9 Å². The van der Waals surface area contributed by atoms with Crippen molar-refractivity contribution in [3.05, 3.63) is 71.3 Å². The molecule has 1 amide bonds. The van der Waals surface area contributed by atoms with Gasteiger partial charge in [-0.2, -0.15) is 0 Å². The fourth-order valence-electron chi connectivity index (χ4n) is 3.72. The summed E-state index contributed by atoms with van der Waals surface area (Å²) in [5.74, 6) is 0.261. The van der Waals surface area contributed by atoms with Crippen molar-refractivity contribution in [3.8, 4) is 0 Å². The number of hydrogen-bond donors (Lipinski definition) is 1. The van der Waals surface area contributed by atoms with E-state index in [0.717, 1.165) is 6.42 Å². The number of hydrogen-bond acceptors (Lipinski definition) is 2. The van der Waals surface area contributed by atoms with E-state index in [1.165, 1.54) is 16.7 Å². The van der Waals surface area contributed by atoms with Gasteiger partial charge in [0, 0.05) is 19.0 Å². The summed E-state index contributed by atoms with van der Waals surface area (Å²) < 4.78 is 0. The average molecular weight is 322 g/mol. The normalized spacial score (nSPS) is 19.5. The number of nitrogens with two attached hydrogens (primary N) is 1. The third kappa shape index (κ3) is 3.22. The minimum absolute atomic E-state index is 0.0554. The van der Waals surface area contributed by atoms with E-state index in [0.29, 0.717) is 19.5 Å². The lowest BCUT2D eigenvalue weighted by atomic mass is 9.83. The summed E-state index contributed by atoms with van der Waals surface area (Å²) in [5.41, 5.74) is 9.31. The second kappa shape index (κ2) is 6.78. The van der Waals surface area contributed by atoms with Gasteiger partial charge in [-0.15, -0.1) is 0 Å². The zero-order valence-corrected chi connectivity index (χ0v) is 14.5. The quantitative estimate of drug-likeness (QED) is 0.933. The zero-order chi connectivity index (χ0) is 17.2. The van der Waals surface area contributed by atoms with E-state index < -0.39 is 5.54 Å². The molecule has 126 valence electrons. The van der Waals surface area contributed by atoms with Gasteiger partial charge in [0.25, 0.3) is 0 Å². The predicted octanol–water partition coefficient (Wildman–Crippen LogP) is 3.68. The zero-order valence-electron chi connectivity index (χ0n) is 14.5. The Kier molecular flexibility index (Phi) is 4.72. The minimum atomic E-state index is -0.789. The van der Waals surface area contributed by atoms with Gasteiger partial charge >= 0.3 is 0 Å². The highest BCUT2D eigenvalue weighted by atomic mass is 16.2. The van der Waals surface area contributed by atoms with Crippen molar-refractivity contribution in [2.45, 2.75) is 44.7 Å². The molecular formula is C21H26N2O. The Morgan fingerprint density at radius 2 is 1.83 bits per heavy atom. The molecule has 1 aliphatic heterocycles. The SMILES string of the molecule is CCCC(C)(N)C(=O)N1Cc2ccccc2C(c2ccccc2)C1. The van der Waals surface area contributed by atoms with Crippen LogP contribution in [0.15, 0.2) is 54.6 Å². The predicted molar refractivity (Wildman–Crippen MR) is 97.6 cm³/mol. The second-order valence-corrected chi connectivity index (χ2v) is 7.02. The molecule has 0 saturated heterocycles. The van der Waals surface area contributed by atoms with Crippen molar-refractivity contribution in [2.24, 2.45) is 5.73 Å². The molecule has 2 atom stereocenters. The maximum Gasteiger partial charge on any atom is 0.242 e. The van der Waals surface area contributed by atoms with Crippen molar-refractivity contribution in [1.82, 2.24) is 4.90 Å². The van der Waals surface area contributed by atoms with Crippen LogP contribution in [-0.2, 0) is 11.3 Å². The number of amides is 1. The van der Waals surface area contributed by atoms with E-state index in [-0.39, 0.29) is 11.8 Å². The van der Waals surface area contributed by atoms with Gasteiger partial charge in [-0.1, -0.05) is 67.9 Å². The van der Waals surface area contributed by atoms with Crippen LogP contribution >= 0.6 is 0 Å². The van der Waals surface area contributed by atoms with Crippen molar-refractivity contribution >= 4 is 5.91 Å². The Morgan fingerprint density at radius 1 is 1.17 bits per heavy atom. The molecule has 0 radical (unpaired) electrons. The van der Waals surface area contributed by atoms with E-state index in [1.807, 2.05) is 24.0 Å². The first-order valence-corrected chi connectivity index (χ1v) is 8.74. The molecule has 2 unspecified atom stereocenters. The monoisotopic (exact) mass is 322 g/mol. The van der Waals surface area contributed by atoms with E-state index in [1.54, 1.807) is 0 Å². The lowest BCUT2D eigenvalue weighted by Crippen LogP contribution is -2.54. The van der Waals surface area contributed by atoms with Crippen molar-refractivity contribution < 1.29 is 4.79 Å². The number of carbonyl (C=O) groups is 1. The molecule has 24 heavy (non-hydrogen) atoms. The third-order valence-corrected chi connectivity index (χ3v) is 4.94. The molecule has 3 rings (SSSR count). The summed E-state index contributed by atoms with van der Waals surface area (Å²) in [6, 6.07) is 18.9. The number of benzene rings is 2. The van der Waals surface area contributed by atoms with Gasteiger partial charge in [-0.25, -0.2) is 0 Å². The van der Waals surface area contributed by atoms with Crippen LogP contribution in [0.1, 0.15) is 49.3 Å². The molecule has 1 heterocycles. The summed E-state index contributed by atoms with van der Waals surface area (Å²) in [6.45, 7) is 5.26. The van der Waals surface area contributed by atoms with E-state index in [4.69, 9.17) is 5.73 Å². The molecule has 0 bridgehead atoms. The number of rotatable bonds is 4. The number of fused-ring (bicyclic) bond motifs is 1. The van der Waals surface area contributed by atoms with Crippen LogP contribution in [0.3, 0.4) is 0 Å². The molecule has 0 aliphatic carbocycles. The van der Waals surface area contributed by atoms with Gasteiger partial charge in [0.1, 0.15) is 0 Å². The van der Waals surface area contributed by atoms with Crippen LogP contribution in [0.2, 0.25) is 0 Å². The van der Waals surface area contributed by atoms with Gasteiger partial charge in [0.15, 0.2) is 0 Å². The average Bonchev–Trinajstić information content (AvgIpc) is 2.61. The minimum Gasteiger partial charge on any atom is -0.336 e. The molecule has 0 saturated carbocycles. The molecule has 3 heteroatoms. The molecule has 0 spiro atoms. The topological polar surface area (TPSA) is 46.3 Å². The second-order valence-electron chi connectivity index (χ2n) is 7.02. The van der Waals surface area contributed by atoms with Gasteiger partial charge in [-0.3, -0.25) is 4.79 Å². The molecular weight excluding hydrogens is 296 g/mol. The maximum atomic E-state index is 13.0. The Hall–Kier alpha value is -2.13.